The number of Topliss-reactive ketones (excluding diaryl/α,β-unsaturated/α-hetero) is 1. The second-order valence-electron chi connectivity index (χ2n) is 6.13. The zero-order valence-electron chi connectivity index (χ0n) is 14.8. The lowest BCUT2D eigenvalue weighted by atomic mass is 9.97. The van der Waals surface area contributed by atoms with E-state index in [-0.39, 0.29) is 18.5 Å². The van der Waals surface area contributed by atoms with Crippen molar-refractivity contribution in [2.24, 2.45) is 0 Å². The van der Waals surface area contributed by atoms with Gasteiger partial charge in [0.15, 0.2) is 17.3 Å². The summed E-state index contributed by atoms with van der Waals surface area (Å²) in [6.45, 7) is 2.33. The van der Waals surface area contributed by atoms with E-state index in [9.17, 15) is 4.79 Å². The van der Waals surface area contributed by atoms with Crippen LogP contribution in [-0.2, 0) is 4.79 Å². The third kappa shape index (κ3) is 2.76. The molecule has 26 heavy (non-hydrogen) atoms. The fraction of sp³-hybridized carbons (Fsp3) is 0.286. The van der Waals surface area contributed by atoms with Gasteiger partial charge in [-0.15, -0.1) is 11.8 Å². The van der Waals surface area contributed by atoms with Crippen molar-refractivity contribution in [1.82, 2.24) is 0 Å². The van der Waals surface area contributed by atoms with E-state index in [1.54, 1.807) is 18.9 Å². The lowest BCUT2D eigenvalue weighted by Gasteiger charge is -2.17. The molecule has 1 heterocycles. The number of allylic oxidation sites excluding steroid dienone is 2. The van der Waals surface area contributed by atoms with Gasteiger partial charge < -0.3 is 14.2 Å². The number of rotatable bonds is 5. The van der Waals surface area contributed by atoms with E-state index in [1.165, 1.54) is 0 Å². The highest BCUT2D eigenvalue weighted by Crippen LogP contribution is 2.52. The van der Waals surface area contributed by atoms with Gasteiger partial charge in [0, 0.05) is 33.9 Å². The molecule has 0 radical (unpaired) electrons. The molecule has 2 aromatic rings. The summed E-state index contributed by atoms with van der Waals surface area (Å²) in [5, 5.41) is 0. The van der Waals surface area contributed by atoms with Gasteiger partial charge in [0.1, 0.15) is 5.75 Å². The molecule has 0 spiro atoms. The lowest BCUT2D eigenvalue weighted by Crippen LogP contribution is -2.01. The Balaban J connectivity index is 1.87. The molecule has 0 aromatic heterocycles. The van der Waals surface area contributed by atoms with Crippen LogP contribution in [0.15, 0.2) is 47.4 Å². The first-order valence-electron chi connectivity index (χ1n) is 8.66. The van der Waals surface area contributed by atoms with Crippen molar-refractivity contribution in [1.29, 1.82) is 0 Å². The quantitative estimate of drug-likeness (QED) is 0.769. The van der Waals surface area contributed by atoms with Crippen molar-refractivity contribution in [3.8, 4) is 17.2 Å². The summed E-state index contributed by atoms with van der Waals surface area (Å²) >= 11 is 1.72. The minimum Gasteiger partial charge on any atom is -0.496 e. The summed E-state index contributed by atoms with van der Waals surface area (Å²) in [4.78, 5) is 14.1. The van der Waals surface area contributed by atoms with Crippen LogP contribution in [0.25, 0.3) is 5.57 Å². The maximum atomic E-state index is 13.0. The molecule has 0 amide bonds. The second kappa shape index (κ2) is 7.08. The van der Waals surface area contributed by atoms with Crippen LogP contribution in [0, 0.1) is 0 Å². The molecule has 0 saturated carbocycles. The van der Waals surface area contributed by atoms with E-state index in [4.69, 9.17) is 14.2 Å². The molecule has 2 aliphatic rings. The molecule has 0 saturated heterocycles. The maximum Gasteiger partial charge on any atom is 0.231 e. The molecular weight excluding hydrogens is 348 g/mol. The number of ketones is 1. The van der Waals surface area contributed by atoms with Gasteiger partial charge in [-0.1, -0.05) is 37.3 Å². The molecule has 1 aliphatic heterocycles. The van der Waals surface area contributed by atoms with Crippen molar-refractivity contribution in [2.75, 3.05) is 19.7 Å². The Hall–Kier alpha value is -2.40. The highest BCUT2D eigenvalue weighted by molar-refractivity contribution is 8.03. The van der Waals surface area contributed by atoms with Crippen molar-refractivity contribution in [3.05, 3.63) is 58.5 Å². The van der Waals surface area contributed by atoms with Crippen LogP contribution in [-0.4, -0.2) is 25.4 Å². The number of ether oxygens (including phenoxy) is 3. The maximum absolute atomic E-state index is 13.0. The van der Waals surface area contributed by atoms with Gasteiger partial charge >= 0.3 is 0 Å². The van der Waals surface area contributed by atoms with Crippen LogP contribution in [0.4, 0.5) is 0 Å². The Bertz CT molecular complexity index is 887. The van der Waals surface area contributed by atoms with Crippen molar-refractivity contribution < 1.29 is 19.0 Å². The van der Waals surface area contributed by atoms with Crippen LogP contribution in [0.1, 0.15) is 30.4 Å². The van der Waals surface area contributed by atoms with Crippen molar-refractivity contribution in [2.45, 2.75) is 19.3 Å². The van der Waals surface area contributed by atoms with Crippen molar-refractivity contribution in [3.63, 3.8) is 0 Å². The van der Waals surface area contributed by atoms with Crippen LogP contribution < -0.4 is 14.2 Å². The summed E-state index contributed by atoms with van der Waals surface area (Å²) in [6, 6.07) is 13.6. The molecule has 0 N–H and O–H groups in total. The predicted molar refractivity (Wildman–Crippen MR) is 103 cm³/mol. The van der Waals surface area contributed by atoms with E-state index < -0.39 is 0 Å². The highest BCUT2D eigenvalue weighted by Gasteiger charge is 2.37. The molecular formula is C21H20O4S. The molecule has 5 heteroatoms. The highest BCUT2D eigenvalue weighted by atomic mass is 32.2. The molecule has 4 rings (SSSR count). The van der Waals surface area contributed by atoms with Crippen LogP contribution >= 0.6 is 11.8 Å². The summed E-state index contributed by atoms with van der Waals surface area (Å²) in [5.74, 6) is 3.27. The molecule has 0 fully saturated rings. The van der Waals surface area contributed by atoms with Gasteiger partial charge in [0.05, 0.1) is 7.11 Å². The number of hydrogen-bond donors (Lipinski definition) is 0. The third-order valence-corrected chi connectivity index (χ3v) is 5.80. The van der Waals surface area contributed by atoms with E-state index >= 15 is 0 Å². The van der Waals surface area contributed by atoms with Gasteiger partial charge in [-0.2, -0.15) is 0 Å². The average Bonchev–Trinajstić information content (AvgIpc) is 3.26. The fourth-order valence-electron chi connectivity index (χ4n) is 3.63. The first-order valence-corrected chi connectivity index (χ1v) is 9.65. The van der Waals surface area contributed by atoms with Crippen LogP contribution in [0.2, 0.25) is 0 Å². The smallest absolute Gasteiger partial charge is 0.231 e. The number of fused-ring (bicyclic) bond motifs is 1. The van der Waals surface area contributed by atoms with Gasteiger partial charge in [-0.25, -0.2) is 0 Å². The summed E-state index contributed by atoms with van der Waals surface area (Å²) in [6.07, 6.45) is 0.440. The van der Waals surface area contributed by atoms with Gasteiger partial charge in [-0.05, 0) is 17.9 Å². The molecule has 2 aromatic carbocycles. The second-order valence-corrected chi connectivity index (χ2v) is 7.44. The lowest BCUT2D eigenvalue weighted by molar-refractivity contribution is -0.113. The van der Waals surface area contributed by atoms with Crippen molar-refractivity contribution >= 4 is 23.1 Å². The fourth-order valence-corrected chi connectivity index (χ4v) is 4.72. The summed E-state index contributed by atoms with van der Waals surface area (Å²) in [7, 11) is 1.64. The Morgan fingerprint density at radius 3 is 2.81 bits per heavy atom. The molecule has 1 unspecified atom stereocenters. The van der Waals surface area contributed by atoms with Gasteiger partial charge in [0.2, 0.25) is 6.79 Å². The SMILES string of the molecule is CCSC1=C(c2ccccc2OC)C(=O)CC1c1cccc2c1OCO2. The minimum absolute atomic E-state index is 0.0102. The predicted octanol–water partition coefficient (Wildman–Crippen LogP) is 4.64. The number of para-hydroxylation sites is 2. The topological polar surface area (TPSA) is 44.8 Å². The number of hydrogen-bond acceptors (Lipinski definition) is 5. The van der Waals surface area contributed by atoms with E-state index in [1.807, 2.05) is 42.5 Å². The number of carbonyl (C=O) groups excluding carboxylic acids is 1. The number of carbonyl (C=O) groups is 1. The van der Waals surface area contributed by atoms with Crippen LogP contribution in [0.3, 0.4) is 0 Å². The Morgan fingerprint density at radius 2 is 2.00 bits per heavy atom. The third-order valence-electron chi connectivity index (χ3n) is 4.71. The Morgan fingerprint density at radius 1 is 1.15 bits per heavy atom. The molecule has 134 valence electrons. The summed E-state index contributed by atoms with van der Waals surface area (Å²) in [5.41, 5.74) is 2.66. The standard InChI is InChI=1S/C21H20O4S/c1-3-26-21-15(13-8-6-10-18-20(13)25-12-24-18)11-16(22)19(21)14-7-4-5-9-17(14)23-2/h4-10,15H,3,11-12H2,1-2H3. The van der Waals surface area contributed by atoms with E-state index in [2.05, 4.69) is 6.92 Å². The molecule has 4 nitrogen and oxygen atoms in total. The Labute approximate surface area is 157 Å². The van der Waals surface area contributed by atoms with Gasteiger partial charge in [0.25, 0.3) is 0 Å². The monoisotopic (exact) mass is 368 g/mol. The summed E-state index contributed by atoms with van der Waals surface area (Å²) < 4.78 is 16.7. The Kier molecular flexibility index (Phi) is 4.64. The first kappa shape index (κ1) is 17.0. The first-order chi connectivity index (χ1) is 12.7. The zero-order chi connectivity index (χ0) is 18.1. The zero-order valence-corrected chi connectivity index (χ0v) is 15.6. The molecule has 1 atom stereocenters. The number of methoxy groups -OCH3 is 1. The average molecular weight is 368 g/mol. The normalized spacial score (nSPS) is 18.5. The van der Waals surface area contributed by atoms with Crippen LogP contribution in [0.5, 0.6) is 17.2 Å². The number of thioether (sulfide) groups is 1. The van der Waals surface area contributed by atoms with Gasteiger partial charge in [-0.3, -0.25) is 4.79 Å². The number of benzene rings is 2. The van der Waals surface area contributed by atoms with E-state index in [0.29, 0.717) is 6.42 Å². The molecule has 0 bridgehead atoms. The molecule has 1 aliphatic carbocycles. The van der Waals surface area contributed by atoms with E-state index in [0.717, 1.165) is 44.6 Å². The largest absolute Gasteiger partial charge is 0.496 e. The minimum atomic E-state index is -0.0102.